The topological polar surface area (TPSA) is 105 Å². The molecule has 1 amide bonds. The quantitative estimate of drug-likeness (QED) is 0.477. The molecule has 0 radical (unpaired) electrons. The molecule has 5 N–H and O–H groups in total. The molecule has 0 aromatic carbocycles. The predicted octanol–water partition coefficient (Wildman–Crippen LogP) is 1.55. The third-order valence-electron chi connectivity index (χ3n) is 2.89. The number of nitrogen functional groups attached to an aromatic ring is 1. The van der Waals surface area contributed by atoms with Gasteiger partial charge in [0.25, 0.3) is 0 Å². The van der Waals surface area contributed by atoms with Crippen LogP contribution < -0.4 is 21.9 Å². The van der Waals surface area contributed by atoms with Gasteiger partial charge >= 0.3 is 0 Å². The number of carbonyl (C=O) groups is 1. The third kappa shape index (κ3) is 3.79. The minimum Gasteiger partial charge on any atom is -0.358 e. The molecule has 2 aromatic rings. The van der Waals surface area contributed by atoms with Gasteiger partial charge in [0.1, 0.15) is 16.7 Å². The highest BCUT2D eigenvalue weighted by molar-refractivity contribution is 7.16. The molecule has 1 atom stereocenters. The zero-order valence-corrected chi connectivity index (χ0v) is 13.1. The lowest BCUT2D eigenvalue weighted by molar-refractivity contribution is -0.121. The zero-order chi connectivity index (χ0) is 15.4. The number of aromatic nitrogens is 2. The van der Waals surface area contributed by atoms with Crippen LogP contribution in [0.2, 0.25) is 0 Å². The molecule has 0 bridgehead atoms. The average molecular weight is 308 g/mol. The van der Waals surface area contributed by atoms with E-state index in [1.165, 1.54) is 11.3 Å². The second-order valence-electron chi connectivity index (χ2n) is 5.18. The Bertz CT molecular complexity index is 626. The van der Waals surface area contributed by atoms with Crippen molar-refractivity contribution >= 4 is 39.2 Å². The Hall–Kier alpha value is -1.93. The number of nitrogens with one attached hydrogen (secondary N) is 3. The summed E-state index contributed by atoms with van der Waals surface area (Å²) in [7, 11) is 0. The SMILES string of the molecule is CC(C)CNC(=O)C(C)Nc1nc(NN)nc2sccc12. The van der Waals surface area contributed by atoms with Gasteiger partial charge in [0.15, 0.2) is 0 Å². The van der Waals surface area contributed by atoms with Gasteiger partial charge in [-0.25, -0.2) is 10.8 Å². The second kappa shape index (κ2) is 6.68. The maximum absolute atomic E-state index is 12.0. The van der Waals surface area contributed by atoms with Gasteiger partial charge in [-0.3, -0.25) is 10.2 Å². The van der Waals surface area contributed by atoms with E-state index in [4.69, 9.17) is 5.84 Å². The molecule has 8 heteroatoms. The Labute approximate surface area is 127 Å². The molecule has 0 aliphatic rings. The van der Waals surface area contributed by atoms with Crippen LogP contribution in [0.1, 0.15) is 20.8 Å². The van der Waals surface area contributed by atoms with Crippen LogP contribution >= 0.6 is 11.3 Å². The highest BCUT2D eigenvalue weighted by Crippen LogP contribution is 2.26. The smallest absolute Gasteiger partial charge is 0.242 e. The highest BCUT2D eigenvalue weighted by atomic mass is 32.1. The van der Waals surface area contributed by atoms with Crippen molar-refractivity contribution in [3.63, 3.8) is 0 Å². The van der Waals surface area contributed by atoms with Crippen LogP contribution in [-0.4, -0.2) is 28.5 Å². The van der Waals surface area contributed by atoms with Crippen LogP contribution in [-0.2, 0) is 4.79 Å². The molecule has 21 heavy (non-hydrogen) atoms. The molecule has 0 aliphatic carbocycles. The Kier molecular flexibility index (Phi) is 4.92. The first-order valence-corrected chi connectivity index (χ1v) is 7.65. The molecule has 2 heterocycles. The van der Waals surface area contributed by atoms with Gasteiger partial charge in [-0.15, -0.1) is 11.3 Å². The number of hydrazine groups is 1. The van der Waals surface area contributed by atoms with Crippen molar-refractivity contribution in [3.8, 4) is 0 Å². The van der Waals surface area contributed by atoms with E-state index >= 15 is 0 Å². The molecular weight excluding hydrogens is 288 g/mol. The van der Waals surface area contributed by atoms with Crippen molar-refractivity contribution in [1.29, 1.82) is 0 Å². The van der Waals surface area contributed by atoms with Crippen molar-refractivity contribution < 1.29 is 4.79 Å². The summed E-state index contributed by atoms with van der Waals surface area (Å²) in [4.78, 5) is 21.4. The summed E-state index contributed by atoms with van der Waals surface area (Å²) >= 11 is 1.49. The van der Waals surface area contributed by atoms with Gasteiger partial charge in [-0.1, -0.05) is 13.8 Å². The number of nitrogens with two attached hydrogens (primary N) is 1. The Morgan fingerprint density at radius 3 is 2.81 bits per heavy atom. The summed E-state index contributed by atoms with van der Waals surface area (Å²) in [6, 6.07) is 1.52. The molecule has 0 saturated carbocycles. The van der Waals surface area contributed by atoms with Gasteiger partial charge < -0.3 is 10.6 Å². The lowest BCUT2D eigenvalue weighted by Crippen LogP contribution is -2.39. The van der Waals surface area contributed by atoms with Gasteiger partial charge in [0.2, 0.25) is 11.9 Å². The van der Waals surface area contributed by atoms with E-state index in [1.807, 2.05) is 11.4 Å². The first-order chi connectivity index (χ1) is 10.0. The molecule has 0 aliphatic heterocycles. The van der Waals surface area contributed by atoms with Gasteiger partial charge in [-0.2, -0.15) is 4.98 Å². The van der Waals surface area contributed by atoms with Gasteiger partial charge in [0.05, 0.1) is 5.39 Å². The molecule has 0 fully saturated rings. The number of amides is 1. The van der Waals surface area contributed by atoms with E-state index in [-0.39, 0.29) is 5.91 Å². The summed E-state index contributed by atoms with van der Waals surface area (Å²) in [5.74, 6) is 6.64. The van der Waals surface area contributed by atoms with Crippen molar-refractivity contribution in [3.05, 3.63) is 11.4 Å². The molecular formula is C13H20N6OS. The largest absolute Gasteiger partial charge is 0.358 e. The number of hydrogen-bond acceptors (Lipinski definition) is 7. The predicted molar refractivity (Wildman–Crippen MR) is 86.2 cm³/mol. The Balaban J connectivity index is 2.14. The van der Waals surface area contributed by atoms with Gasteiger partial charge in [-0.05, 0) is 24.3 Å². The summed E-state index contributed by atoms with van der Waals surface area (Å²) in [6.45, 7) is 6.55. The molecule has 114 valence electrons. The van der Waals surface area contributed by atoms with Crippen molar-refractivity contribution in [2.75, 3.05) is 17.3 Å². The zero-order valence-electron chi connectivity index (χ0n) is 12.3. The third-order valence-corrected chi connectivity index (χ3v) is 3.69. The van der Waals surface area contributed by atoms with E-state index < -0.39 is 6.04 Å². The fourth-order valence-electron chi connectivity index (χ4n) is 1.76. The van der Waals surface area contributed by atoms with Crippen LogP contribution in [0.15, 0.2) is 11.4 Å². The number of rotatable bonds is 6. The summed E-state index contributed by atoms with van der Waals surface area (Å²) < 4.78 is 0. The van der Waals surface area contributed by atoms with Crippen LogP contribution in [0.3, 0.4) is 0 Å². The summed E-state index contributed by atoms with van der Waals surface area (Å²) in [5, 5.41) is 8.81. The monoisotopic (exact) mass is 308 g/mol. The number of carbonyl (C=O) groups excluding carboxylic acids is 1. The number of nitrogens with zero attached hydrogens (tertiary/aromatic N) is 2. The van der Waals surface area contributed by atoms with Gasteiger partial charge in [0, 0.05) is 6.54 Å². The fourth-order valence-corrected chi connectivity index (χ4v) is 2.52. The lowest BCUT2D eigenvalue weighted by Gasteiger charge is -2.16. The number of hydrogen-bond donors (Lipinski definition) is 4. The van der Waals surface area contributed by atoms with Crippen LogP contribution in [0.5, 0.6) is 0 Å². The number of anilines is 2. The van der Waals surface area contributed by atoms with E-state index in [1.54, 1.807) is 6.92 Å². The van der Waals surface area contributed by atoms with Crippen molar-refractivity contribution in [2.45, 2.75) is 26.8 Å². The van der Waals surface area contributed by atoms with E-state index in [0.717, 1.165) is 10.2 Å². The van der Waals surface area contributed by atoms with E-state index in [0.29, 0.717) is 24.2 Å². The normalized spacial score (nSPS) is 12.4. The second-order valence-corrected chi connectivity index (χ2v) is 6.08. The number of thiophene rings is 1. The average Bonchev–Trinajstić information content (AvgIpc) is 2.92. The maximum atomic E-state index is 12.0. The first kappa shape index (κ1) is 15.5. The first-order valence-electron chi connectivity index (χ1n) is 6.77. The van der Waals surface area contributed by atoms with Crippen LogP contribution in [0.4, 0.5) is 11.8 Å². The maximum Gasteiger partial charge on any atom is 0.242 e. The Morgan fingerprint density at radius 1 is 1.38 bits per heavy atom. The van der Waals surface area contributed by atoms with Crippen LogP contribution in [0.25, 0.3) is 10.2 Å². The van der Waals surface area contributed by atoms with E-state index in [2.05, 4.69) is 39.9 Å². The number of fused-ring (bicyclic) bond motifs is 1. The summed E-state index contributed by atoms with van der Waals surface area (Å²) in [6.07, 6.45) is 0. The minimum atomic E-state index is -0.396. The van der Waals surface area contributed by atoms with Crippen molar-refractivity contribution in [1.82, 2.24) is 15.3 Å². The van der Waals surface area contributed by atoms with E-state index in [9.17, 15) is 4.79 Å². The minimum absolute atomic E-state index is 0.0621. The van der Waals surface area contributed by atoms with Crippen LogP contribution in [0, 0.1) is 5.92 Å². The molecule has 0 saturated heterocycles. The molecule has 7 nitrogen and oxygen atoms in total. The summed E-state index contributed by atoms with van der Waals surface area (Å²) in [5.41, 5.74) is 2.44. The van der Waals surface area contributed by atoms with Crippen molar-refractivity contribution in [2.24, 2.45) is 11.8 Å². The Morgan fingerprint density at radius 2 is 2.14 bits per heavy atom. The molecule has 1 unspecified atom stereocenters. The lowest BCUT2D eigenvalue weighted by atomic mass is 10.2. The fraction of sp³-hybridized carbons (Fsp3) is 0.462. The highest BCUT2D eigenvalue weighted by Gasteiger charge is 2.16. The standard InChI is InChI=1S/C13H20N6OS/c1-7(2)6-15-11(20)8(3)16-10-9-4-5-21-12(9)18-13(17-10)19-14/h4-5,7-8H,6,14H2,1-3H3,(H,15,20)(H2,16,17,18,19). The molecule has 0 spiro atoms. The molecule has 2 rings (SSSR count). The molecule has 2 aromatic heterocycles.